The molecule has 0 amide bonds. The molecule has 0 saturated heterocycles. The summed E-state index contributed by atoms with van der Waals surface area (Å²) in [5.41, 5.74) is 0. The normalized spacial score (nSPS) is 10.8. The number of nitrogens with zero attached hydrogens (tertiary/aromatic N) is 1. The van der Waals surface area contributed by atoms with Gasteiger partial charge in [-0.3, -0.25) is 0 Å². The van der Waals surface area contributed by atoms with Crippen LogP contribution in [0.15, 0.2) is 0 Å². The Kier molecular flexibility index (Phi) is 7.53. The molecule has 0 aliphatic heterocycles. The van der Waals surface area contributed by atoms with Gasteiger partial charge in [-0.15, -0.1) is 0 Å². The molecule has 0 fully saturated rings. The first-order valence-electron chi connectivity index (χ1n) is 3.00. The van der Waals surface area contributed by atoms with Crippen molar-refractivity contribution in [2.75, 3.05) is 41.2 Å². The molecular weight excluding hydrogens is 157 g/mol. The highest BCUT2D eigenvalue weighted by Crippen LogP contribution is 1.88. The summed E-state index contributed by atoms with van der Waals surface area (Å²) in [5.74, 6) is 0. The van der Waals surface area contributed by atoms with Crippen LogP contribution >= 0.6 is 0 Å². The highest BCUT2D eigenvalue weighted by molar-refractivity contribution is 4.23. The zero-order valence-corrected chi connectivity index (χ0v) is 7.49. The van der Waals surface area contributed by atoms with Gasteiger partial charge >= 0.3 is 0 Å². The van der Waals surface area contributed by atoms with Gasteiger partial charge in [0.25, 0.3) is 0 Å². The summed E-state index contributed by atoms with van der Waals surface area (Å²) in [7, 11) is 6.13. The molecule has 0 aromatic heterocycles. The lowest BCUT2D eigenvalue weighted by Gasteiger charge is -2.22. The summed E-state index contributed by atoms with van der Waals surface area (Å²) in [6.45, 7) is 0.684. The number of halogens is 2. The molecule has 0 heterocycles. The molecule has 0 unspecified atom stereocenters. The van der Waals surface area contributed by atoms with Gasteiger partial charge in [0.15, 0.2) is 6.86 Å². The summed E-state index contributed by atoms with van der Waals surface area (Å²) >= 11 is 0. The molecule has 10 heavy (non-hydrogen) atoms. The zero-order valence-electron chi connectivity index (χ0n) is 6.73. The second kappa shape index (κ2) is 5.89. The van der Waals surface area contributed by atoms with E-state index in [0.717, 1.165) is 11.0 Å². The van der Waals surface area contributed by atoms with Gasteiger partial charge in [0.1, 0.15) is 6.54 Å². The number of quaternary nitrogens is 1. The van der Waals surface area contributed by atoms with Crippen LogP contribution in [0, 0.1) is 0 Å². The molecule has 0 aliphatic carbocycles. The van der Waals surface area contributed by atoms with E-state index in [4.69, 9.17) is 0 Å². The van der Waals surface area contributed by atoms with E-state index in [1.807, 2.05) is 21.1 Å². The molecule has 2 nitrogen and oxygen atoms in total. The molecule has 0 N–H and O–H groups in total. The molecule has 0 radical (unpaired) electrons. The van der Waals surface area contributed by atoms with Crippen molar-refractivity contribution in [3.8, 4) is 0 Å². The first-order chi connectivity index (χ1) is 4.06. The fraction of sp³-hybridized carbons (Fsp3) is 1.00. The van der Waals surface area contributed by atoms with E-state index in [1.165, 1.54) is 0 Å². The van der Waals surface area contributed by atoms with E-state index in [9.17, 15) is 4.39 Å². The predicted octanol–water partition coefficient (Wildman–Crippen LogP) is -2.36. The van der Waals surface area contributed by atoms with Gasteiger partial charge in [0, 0.05) is 0 Å². The summed E-state index contributed by atoms with van der Waals surface area (Å²) < 4.78 is 16.7. The van der Waals surface area contributed by atoms with Crippen LogP contribution in [-0.4, -0.2) is 45.6 Å². The lowest BCUT2D eigenvalue weighted by Crippen LogP contribution is -3.00. The van der Waals surface area contributed by atoms with E-state index >= 15 is 0 Å². The summed E-state index contributed by atoms with van der Waals surface area (Å²) in [6, 6.07) is 0. The van der Waals surface area contributed by atoms with Gasteiger partial charge in [-0.1, -0.05) is 0 Å². The van der Waals surface area contributed by atoms with Crippen LogP contribution in [0.1, 0.15) is 0 Å². The van der Waals surface area contributed by atoms with Crippen LogP contribution in [0.5, 0.6) is 0 Å². The second-order valence-corrected chi connectivity index (χ2v) is 3.03. The highest BCUT2D eigenvalue weighted by Gasteiger charge is 2.04. The van der Waals surface area contributed by atoms with Crippen molar-refractivity contribution < 1.29 is 26.0 Å². The van der Waals surface area contributed by atoms with E-state index in [2.05, 4.69) is 4.74 Å². The number of hydrogen-bond acceptors (Lipinski definition) is 1. The maximum atomic E-state index is 11.3. The van der Waals surface area contributed by atoms with Gasteiger partial charge in [-0.05, 0) is 0 Å². The average molecular weight is 172 g/mol. The maximum absolute atomic E-state index is 11.3. The third kappa shape index (κ3) is 11.0. The summed E-state index contributed by atoms with van der Waals surface area (Å²) in [5, 5.41) is 0. The molecule has 0 rings (SSSR count). The Morgan fingerprint density at radius 1 is 1.30 bits per heavy atom. The minimum absolute atomic E-state index is 0. The lowest BCUT2D eigenvalue weighted by atomic mass is 10.5. The molecule has 0 aromatic rings. The van der Waals surface area contributed by atoms with E-state index in [1.54, 1.807) is 0 Å². The minimum atomic E-state index is -0.667. The monoisotopic (exact) mass is 171 g/mol. The van der Waals surface area contributed by atoms with Crippen molar-refractivity contribution >= 4 is 0 Å². The third-order valence-corrected chi connectivity index (χ3v) is 0.984. The van der Waals surface area contributed by atoms with Crippen LogP contribution < -0.4 is 12.4 Å². The summed E-state index contributed by atoms with van der Waals surface area (Å²) in [6.07, 6.45) is 0. The topological polar surface area (TPSA) is 9.23 Å². The molecule has 0 bridgehead atoms. The first-order valence-corrected chi connectivity index (χ1v) is 3.00. The molecule has 0 aromatic carbocycles. The van der Waals surface area contributed by atoms with Gasteiger partial charge in [0.2, 0.25) is 0 Å². The molecule has 64 valence electrons. The molecule has 0 atom stereocenters. The molecule has 0 aliphatic rings. The minimum Gasteiger partial charge on any atom is -1.00 e. The Labute approximate surface area is 68.0 Å². The Bertz CT molecular complexity index is 74.6. The number of alkyl halides is 1. The van der Waals surface area contributed by atoms with Gasteiger partial charge in [-0.2, -0.15) is 0 Å². The molecular formula is C6H15ClFNO. The van der Waals surface area contributed by atoms with Crippen LogP contribution in [0.2, 0.25) is 0 Å². The Balaban J connectivity index is 0. The number of ether oxygens (including phenoxy) is 1. The molecule has 0 spiro atoms. The van der Waals surface area contributed by atoms with E-state index in [0.29, 0.717) is 6.61 Å². The van der Waals surface area contributed by atoms with E-state index in [-0.39, 0.29) is 12.4 Å². The highest BCUT2D eigenvalue weighted by atomic mass is 35.5. The molecule has 0 saturated carbocycles. The zero-order chi connectivity index (χ0) is 7.33. The van der Waals surface area contributed by atoms with Gasteiger partial charge in [-0.25, -0.2) is 4.39 Å². The van der Waals surface area contributed by atoms with Crippen LogP contribution in [-0.2, 0) is 4.74 Å². The van der Waals surface area contributed by atoms with Gasteiger partial charge in [0.05, 0.1) is 27.7 Å². The van der Waals surface area contributed by atoms with Crippen molar-refractivity contribution in [1.29, 1.82) is 0 Å². The quantitative estimate of drug-likeness (QED) is 0.340. The Morgan fingerprint density at radius 3 is 2.10 bits per heavy atom. The fourth-order valence-electron chi connectivity index (χ4n) is 0.393. The fourth-order valence-corrected chi connectivity index (χ4v) is 0.393. The van der Waals surface area contributed by atoms with Crippen molar-refractivity contribution in [1.82, 2.24) is 0 Å². The van der Waals surface area contributed by atoms with Crippen LogP contribution in [0.4, 0.5) is 4.39 Å². The van der Waals surface area contributed by atoms with Crippen molar-refractivity contribution in [2.24, 2.45) is 0 Å². The van der Waals surface area contributed by atoms with Crippen LogP contribution in [0.3, 0.4) is 0 Å². The molecule has 4 heteroatoms. The third-order valence-electron chi connectivity index (χ3n) is 0.984. The van der Waals surface area contributed by atoms with Crippen molar-refractivity contribution in [3.05, 3.63) is 0 Å². The second-order valence-electron chi connectivity index (χ2n) is 3.03. The number of hydrogen-bond donors (Lipinski definition) is 0. The van der Waals surface area contributed by atoms with Crippen LogP contribution in [0.25, 0.3) is 0 Å². The van der Waals surface area contributed by atoms with Gasteiger partial charge < -0.3 is 21.6 Å². The van der Waals surface area contributed by atoms with Crippen molar-refractivity contribution in [2.45, 2.75) is 0 Å². The Morgan fingerprint density at radius 2 is 1.80 bits per heavy atom. The summed E-state index contributed by atoms with van der Waals surface area (Å²) in [4.78, 5) is 0. The average Bonchev–Trinajstić information content (AvgIpc) is 1.63. The standard InChI is InChI=1S/C6H15FNO.ClH/c1-8(2,3)4-5-9-6-7;/h4-6H2,1-3H3;1H/q+1;/p-1. The lowest BCUT2D eigenvalue weighted by molar-refractivity contribution is -0.870. The maximum Gasteiger partial charge on any atom is 0.188 e. The number of likely N-dealkylation sites (N-methyl/N-ethyl adjacent to an activating group) is 1. The van der Waals surface area contributed by atoms with Crippen molar-refractivity contribution in [3.63, 3.8) is 0 Å². The first kappa shape index (κ1) is 12.8. The largest absolute Gasteiger partial charge is 1.00 e. The predicted molar refractivity (Wildman–Crippen MR) is 34.8 cm³/mol. The van der Waals surface area contributed by atoms with E-state index < -0.39 is 6.86 Å². The SMILES string of the molecule is C[N+](C)(C)CCOCF.[Cl-]. The smallest absolute Gasteiger partial charge is 0.188 e. The number of rotatable bonds is 4. The Hall–Kier alpha value is 0.140.